The van der Waals surface area contributed by atoms with E-state index in [1.54, 1.807) is 4.90 Å². The number of amides is 1. The van der Waals surface area contributed by atoms with Crippen molar-refractivity contribution in [3.8, 4) is 0 Å². The molecule has 1 unspecified atom stereocenters. The second-order valence-corrected chi connectivity index (χ2v) is 10.2. The predicted molar refractivity (Wildman–Crippen MR) is 94.7 cm³/mol. The molecule has 0 aromatic carbocycles. The van der Waals surface area contributed by atoms with E-state index in [0.717, 1.165) is 36.1 Å². The zero-order chi connectivity index (χ0) is 16.1. The number of piperidine rings is 1. The van der Waals surface area contributed by atoms with Gasteiger partial charge >= 0.3 is 0 Å². The van der Waals surface area contributed by atoms with E-state index in [-0.39, 0.29) is 5.54 Å². The Morgan fingerprint density at radius 2 is 1.54 bits per heavy atom. The van der Waals surface area contributed by atoms with Crippen LogP contribution in [0.3, 0.4) is 0 Å². The molecule has 3 nitrogen and oxygen atoms in total. The highest BCUT2D eigenvalue weighted by atomic mass is 16.2. The van der Waals surface area contributed by atoms with Crippen LogP contribution in [0, 0.1) is 29.6 Å². The highest BCUT2D eigenvalue weighted by molar-refractivity contribution is 5.77. The van der Waals surface area contributed by atoms with Gasteiger partial charge in [-0.05, 0) is 81.5 Å². The Bertz CT molecular complexity index is 467. The first kappa shape index (κ1) is 15.7. The lowest BCUT2D eigenvalue weighted by atomic mass is 9.53. The topological polar surface area (TPSA) is 33.5 Å². The number of quaternary nitrogens is 1. The monoisotopic (exact) mass is 331 g/mol. The minimum absolute atomic E-state index is 0.203. The first-order valence-corrected chi connectivity index (χ1v) is 10.8. The summed E-state index contributed by atoms with van der Waals surface area (Å²) in [6.45, 7) is 3.24. The Hall–Kier alpha value is -0.570. The van der Waals surface area contributed by atoms with E-state index in [4.69, 9.17) is 0 Å². The smallest absolute Gasteiger partial charge is 0.275 e. The molecule has 0 spiro atoms. The molecule has 0 radical (unpaired) electrons. The molecule has 1 aliphatic heterocycles. The van der Waals surface area contributed by atoms with Gasteiger partial charge in [0.1, 0.15) is 0 Å². The fourth-order valence-corrected chi connectivity index (χ4v) is 7.79. The fourth-order valence-electron chi connectivity index (χ4n) is 7.79. The first-order chi connectivity index (χ1) is 11.7. The highest BCUT2D eigenvalue weighted by Gasteiger charge is 2.51. The van der Waals surface area contributed by atoms with Crippen molar-refractivity contribution in [2.75, 3.05) is 19.6 Å². The first-order valence-electron chi connectivity index (χ1n) is 10.8. The fraction of sp³-hybridized carbons (Fsp3) is 0.952. The van der Waals surface area contributed by atoms with E-state index in [0.29, 0.717) is 5.91 Å². The van der Waals surface area contributed by atoms with Crippen LogP contribution < -0.4 is 10.2 Å². The molecule has 4 bridgehead atoms. The molecule has 1 amide bonds. The number of hydrogen-bond donors (Lipinski definition) is 2. The maximum Gasteiger partial charge on any atom is 0.275 e. The SMILES string of the molecule is O=C(C[NH+]1CC[C@@H]2CCCC[C@H]2C1)NC12CC3CC(CC(C3)C1)C2. The Labute approximate surface area is 146 Å². The number of hydrogen-bond acceptors (Lipinski definition) is 1. The molecular formula is C21H35N2O+. The third-order valence-electron chi connectivity index (χ3n) is 8.34. The van der Waals surface area contributed by atoms with Crippen LogP contribution in [0.15, 0.2) is 0 Å². The molecular weight excluding hydrogens is 296 g/mol. The second kappa shape index (κ2) is 6.00. The van der Waals surface area contributed by atoms with Gasteiger partial charge in [0, 0.05) is 11.5 Å². The van der Waals surface area contributed by atoms with Crippen LogP contribution >= 0.6 is 0 Å². The zero-order valence-corrected chi connectivity index (χ0v) is 15.2. The average molecular weight is 332 g/mol. The molecule has 6 rings (SSSR count). The van der Waals surface area contributed by atoms with Gasteiger partial charge in [-0.15, -0.1) is 0 Å². The highest BCUT2D eigenvalue weighted by Crippen LogP contribution is 2.55. The van der Waals surface area contributed by atoms with Gasteiger partial charge in [0.15, 0.2) is 6.54 Å². The zero-order valence-electron chi connectivity index (χ0n) is 15.2. The second-order valence-electron chi connectivity index (χ2n) is 10.2. The maximum atomic E-state index is 12.8. The van der Waals surface area contributed by atoms with Gasteiger partial charge in [-0.1, -0.05) is 12.8 Å². The number of likely N-dealkylation sites (tertiary alicyclic amines) is 1. The van der Waals surface area contributed by atoms with Gasteiger partial charge in [0.2, 0.25) is 0 Å². The lowest BCUT2D eigenvalue weighted by molar-refractivity contribution is -0.902. The summed E-state index contributed by atoms with van der Waals surface area (Å²) in [5, 5.41) is 3.58. The molecule has 0 aromatic heterocycles. The summed E-state index contributed by atoms with van der Waals surface area (Å²) in [6.07, 6.45) is 15.3. The van der Waals surface area contributed by atoms with Crippen molar-refractivity contribution in [1.82, 2.24) is 5.32 Å². The standard InChI is InChI=1S/C21H34N2O/c24-20(14-23-6-5-18-3-1-2-4-19(18)13-23)22-21-10-15-7-16(11-21)9-17(8-15)12-21/h15-19H,1-14H2,(H,22,24)/p+1/t15?,16?,17?,18-,19-,21?/m0/s1. The van der Waals surface area contributed by atoms with Crippen molar-refractivity contribution in [2.24, 2.45) is 29.6 Å². The largest absolute Gasteiger partial charge is 0.346 e. The molecule has 24 heavy (non-hydrogen) atoms. The minimum atomic E-state index is 0.203. The number of carbonyl (C=O) groups excluding carboxylic acids is 1. The number of nitrogens with one attached hydrogen (secondary N) is 2. The van der Waals surface area contributed by atoms with E-state index >= 15 is 0 Å². The van der Waals surface area contributed by atoms with Gasteiger partial charge < -0.3 is 10.2 Å². The Kier molecular flexibility index (Phi) is 3.92. The van der Waals surface area contributed by atoms with Crippen molar-refractivity contribution < 1.29 is 9.69 Å². The van der Waals surface area contributed by atoms with E-state index < -0.39 is 0 Å². The summed E-state index contributed by atoms with van der Waals surface area (Å²) < 4.78 is 0. The Morgan fingerprint density at radius 3 is 2.21 bits per heavy atom. The normalized spacial score (nSPS) is 49.7. The number of fused-ring (bicyclic) bond motifs is 1. The van der Waals surface area contributed by atoms with Crippen LogP contribution in [-0.4, -0.2) is 31.1 Å². The Balaban J connectivity index is 1.18. The third-order valence-corrected chi connectivity index (χ3v) is 8.34. The van der Waals surface area contributed by atoms with E-state index in [1.165, 1.54) is 83.7 Å². The van der Waals surface area contributed by atoms with Crippen LogP contribution in [0.25, 0.3) is 0 Å². The molecule has 1 heterocycles. The Morgan fingerprint density at radius 1 is 0.917 bits per heavy atom. The molecule has 2 N–H and O–H groups in total. The van der Waals surface area contributed by atoms with Crippen LogP contribution in [-0.2, 0) is 4.79 Å². The summed E-state index contributed by atoms with van der Waals surface area (Å²) in [5.41, 5.74) is 0.203. The van der Waals surface area contributed by atoms with Crippen molar-refractivity contribution in [3.63, 3.8) is 0 Å². The summed E-state index contributed by atoms with van der Waals surface area (Å²) in [5.74, 6) is 5.01. The number of rotatable bonds is 3. The lowest BCUT2D eigenvalue weighted by Crippen LogP contribution is -3.15. The maximum absolute atomic E-state index is 12.8. The van der Waals surface area contributed by atoms with E-state index in [2.05, 4.69) is 5.32 Å². The quantitative estimate of drug-likeness (QED) is 0.816. The number of carbonyl (C=O) groups is 1. The van der Waals surface area contributed by atoms with E-state index in [1.807, 2.05) is 0 Å². The van der Waals surface area contributed by atoms with Crippen molar-refractivity contribution in [3.05, 3.63) is 0 Å². The van der Waals surface area contributed by atoms with Crippen molar-refractivity contribution in [1.29, 1.82) is 0 Å². The van der Waals surface area contributed by atoms with Gasteiger partial charge in [-0.2, -0.15) is 0 Å². The molecule has 134 valence electrons. The van der Waals surface area contributed by atoms with Crippen LogP contribution in [0.4, 0.5) is 0 Å². The van der Waals surface area contributed by atoms with Crippen LogP contribution in [0.1, 0.15) is 70.6 Å². The van der Waals surface area contributed by atoms with Gasteiger partial charge in [-0.3, -0.25) is 4.79 Å². The molecule has 6 aliphatic rings. The molecule has 5 aliphatic carbocycles. The molecule has 3 atom stereocenters. The van der Waals surface area contributed by atoms with Gasteiger partial charge in [0.05, 0.1) is 13.1 Å². The molecule has 6 fully saturated rings. The summed E-state index contributed by atoms with van der Waals surface area (Å²) in [6, 6.07) is 0. The summed E-state index contributed by atoms with van der Waals surface area (Å²) in [7, 11) is 0. The van der Waals surface area contributed by atoms with Gasteiger partial charge in [-0.25, -0.2) is 0 Å². The van der Waals surface area contributed by atoms with Gasteiger partial charge in [0.25, 0.3) is 5.91 Å². The summed E-state index contributed by atoms with van der Waals surface area (Å²) >= 11 is 0. The average Bonchev–Trinajstić information content (AvgIpc) is 2.52. The van der Waals surface area contributed by atoms with Crippen molar-refractivity contribution >= 4 is 5.91 Å². The predicted octanol–water partition coefficient (Wildman–Crippen LogP) is 2.17. The lowest BCUT2D eigenvalue weighted by Gasteiger charge is -2.56. The van der Waals surface area contributed by atoms with Crippen LogP contribution in [0.2, 0.25) is 0 Å². The van der Waals surface area contributed by atoms with Crippen LogP contribution in [0.5, 0.6) is 0 Å². The summed E-state index contributed by atoms with van der Waals surface area (Å²) in [4.78, 5) is 14.4. The minimum Gasteiger partial charge on any atom is -0.346 e. The molecule has 0 aromatic rings. The van der Waals surface area contributed by atoms with E-state index in [9.17, 15) is 4.79 Å². The molecule has 5 saturated carbocycles. The third kappa shape index (κ3) is 2.91. The molecule has 1 saturated heterocycles. The van der Waals surface area contributed by atoms with Crippen molar-refractivity contribution in [2.45, 2.75) is 76.2 Å². The molecule has 3 heteroatoms.